The molecule has 0 heterocycles. The third kappa shape index (κ3) is 3.27. The molecule has 3 unspecified atom stereocenters. The Kier molecular flexibility index (Phi) is 4.44. The highest BCUT2D eigenvalue weighted by Gasteiger charge is 2.59. The fourth-order valence-electron chi connectivity index (χ4n) is 2.84. The van der Waals surface area contributed by atoms with Crippen molar-refractivity contribution in [3.8, 4) is 0 Å². The first-order valence-corrected chi connectivity index (χ1v) is 7.90. The lowest BCUT2D eigenvalue weighted by Gasteiger charge is -2.17. The molecule has 1 aliphatic carbocycles. The Hall–Kier alpha value is -2.19. The van der Waals surface area contributed by atoms with E-state index in [-0.39, 0.29) is 12.2 Å². The Morgan fingerprint density at radius 2 is 1.74 bits per heavy atom. The summed E-state index contributed by atoms with van der Waals surface area (Å²) in [5.74, 6) is 2.05. The minimum atomic E-state index is -0.430. The van der Waals surface area contributed by atoms with Crippen LogP contribution in [-0.4, -0.2) is 17.6 Å². The minimum Gasteiger partial charge on any atom is -0.363 e. The van der Waals surface area contributed by atoms with Gasteiger partial charge in [-0.25, -0.2) is 4.79 Å². The van der Waals surface area contributed by atoms with Crippen LogP contribution in [-0.2, 0) is 16.1 Å². The summed E-state index contributed by atoms with van der Waals surface area (Å²) in [7, 11) is 0. The molecule has 0 bridgehead atoms. The monoisotopic (exact) mass is 307 g/mol. The molecule has 2 aromatic carbocycles. The predicted octanol–water partition coefficient (Wildman–Crippen LogP) is 3.45. The number of hydrogen-bond donors (Lipinski definition) is 1. The van der Waals surface area contributed by atoms with Crippen LogP contribution in [0, 0.1) is 0 Å². The summed E-state index contributed by atoms with van der Waals surface area (Å²) >= 11 is 0. The van der Waals surface area contributed by atoms with E-state index in [9.17, 15) is 4.79 Å². The zero-order chi connectivity index (χ0) is 16.3. The van der Waals surface area contributed by atoms with Crippen molar-refractivity contribution in [2.24, 2.45) is 0 Å². The second-order valence-corrected chi connectivity index (χ2v) is 6.13. The third-order valence-electron chi connectivity index (χ3n) is 4.48. The Bertz CT molecular complexity index is 707. The molecular formula is C20H21NO2. The van der Waals surface area contributed by atoms with Crippen LogP contribution in [0.4, 0.5) is 0 Å². The summed E-state index contributed by atoms with van der Waals surface area (Å²) < 4.78 is 6.09. The highest BCUT2D eigenvalue weighted by atomic mass is 16.5. The average molecular weight is 307 g/mol. The van der Waals surface area contributed by atoms with Gasteiger partial charge in [0.25, 0.3) is 0 Å². The third-order valence-corrected chi connectivity index (χ3v) is 4.48. The summed E-state index contributed by atoms with van der Waals surface area (Å²) in [5.41, 5.74) is 2.52. The Labute approximate surface area is 137 Å². The number of hydrogen-bond acceptors (Lipinski definition) is 3. The average Bonchev–Trinajstić information content (AvgIpc) is 3.17. The molecule has 0 spiro atoms. The summed E-state index contributed by atoms with van der Waals surface area (Å²) in [6.45, 7) is 4.70. The highest BCUT2D eigenvalue weighted by molar-refractivity contribution is 5.69. The van der Waals surface area contributed by atoms with Crippen LogP contribution in [0.3, 0.4) is 0 Å². The lowest BCUT2D eigenvalue weighted by atomic mass is 10.1. The molecule has 1 aliphatic rings. The normalized spacial score (nSPS) is 24.1. The summed E-state index contributed by atoms with van der Waals surface area (Å²) in [6, 6.07) is 20.2. The maximum Gasteiger partial charge on any atom is 0.128 e. The largest absolute Gasteiger partial charge is 0.363 e. The summed E-state index contributed by atoms with van der Waals surface area (Å²) in [6.07, 6.45) is -0.288. The van der Waals surface area contributed by atoms with Crippen molar-refractivity contribution in [2.75, 3.05) is 0 Å². The molecule has 1 N–H and O–H groups in total. The molecule has 3 atom stereocenters. The molecule has 3 nitrogen and oxygen atoms in total. The van der Waals surface area contributed by atoms with E-state index in [2.05, 4.69) is 23.4 Å². The van der Waals surface area contributed by atoms with Gasteiger partial charge in [0.15, 0.2) is 0 Å². The first-order valence-electron chi connectivity index (χ1n) is 7.90. The Morgan fingerprint density at radius 3 is 2.35 bits per heavy atom. The second-order valence-electron chi connectivity index (χ2n) is 6.13. The number of rotatable bonds is 6. The van der Waals surface area contributed by atoms with Gasteiger partial charge in [0.05, 0.1) is 17.2 Å². The molecule has 118 valence electrons. The van der Waals surface area contributed by atoms with Crippen molar-refractivity contribution in [1.82, 2.24) is 5.32 Å². The van der Waals surface area contributed by atoms with Crippen LogP contribution in [0.15, 0.2) is 66.2 Å². The van der Waals surface area contributed by atoms with Gasteiger partial charge in [-0.05, 0) is 25.0 Å². The van der Waals surface area contributed by atoms with E-state index in [4.69, 9.17) is 4.74 Å². The molecule has 23 heavy (non-hydrogen) atoms. The van der Waals surface area contributed by atoms with E-state index >= 15 is 0 Å². The SMILES string of the molecule is CC(OC1C(=C=O)C1(C)NCc1ccccc1)c1ccccc1. The smallest absolute Gasteiger partial charge is 0.128 e. The molecular weight excluding hydrogens is 286 g/mol. The van der Waals surface area contributed by atoms with Crippen molar-refractivity contribution in [1.29, 1.82) is 0 Å². The molecule has 0 aliphatic heterocycles. The van der Waals surface area contributed by atoms with E-state index in [1.807, 2.05) is 62.4 Å². The van der Waals surface area contributed by atoms with Gasteiger partial charge < -0.3 is 10.1 Å². The van der Waals surface area contributed by atoms with Gasteiger partial charge in [-0.3, -0.25) is 0 Å². The van der Waals surface area contributed by atoms with Crippen LogP contribution in [0.1, 0.15) is 31.1 Å². The molecule has 2 aromatic rings. The molecule has 0 aromatic heterocycles. The van der Waals surface area contributed by atoms with Gasteiger partial charge in [-0.15, -0.1) is 0 Å². The standard InChI is InChI=1S/C20H21NO2/c1-15(17-11-7-4-8-12-17)23-19-18(14-22)20(19,2)21-13-16-9-5-3-6-10-16/h3-12,15,19,21H,13H2,1-2H3. The van der Waals surface area contributed by atoms with E-state index < -0.39 is 5.54 Å². The van der Waals surface area contributed by atoms with Crippen LogP contribution in [0.2, 0.25) is 0 Å². The number of nitrogens with one attached hydrogen (secondary N) is 1. The molecule has 0 amide bonds. The molecule has 1 saturated carbocycles. The van der Waals surface area contributed by atoms with Crippen molar-refractivity contribution in [3.05, 3.63) is 77.4 Å². The quantitative estimate of drug-likeness (QED) is 0.831. The van der Waals surface area contributed by atoms with Crippen LogP contribution in [0.5, 0.6) is 0 Å². The highest BCUT2D eigenvalue weighted by Crippen LogP contribution is 2.46. The molecule has 0 saturated heterocycles. The van der Waals surface area contributed by atoms with E-state index in [0.29, 0.717) is 12.1 Å². The Morgan fingerprint density at radius 1 is 1.13 bits per heavy atom. The van der Waals surface area contributed by atoms with Gasteiger partial charge in [0.1, 0.15) is 12.0 Å². The molecule has 0 radical (unpaired) electrons. The van der Waals surface area contributed by atoms with E-state index in [1.54, 1.807) is 0 Å². The van der Waals surface area contributed by atoms with Crippen molar-refractivity contribution in [2.45, 2.75) is 38.1 Å². The van der Waals surface area contributed by atoms with Gasteiger partial charge in [-0.1, -0.05) is 60.7 Å². The zero-order valence-electron chi connectivity index (χ0n) is 13.5. The van der Waals surface area contributed by atoms with Crippen LogP contribution in [0.25, 0.3) is 0 Å². The molecule has 1 fully saturated rings. The van der Waals surface area contributed by atoms with E-state index in [0.717, 1.165) is 5.56 Å². The zero-order valence-corrected chi connectivity index (χ0v) is 13.5. The Balaban J connectivity index is 1.65. The van der Waals surface area contributed by atoms with Gasteiger partial charge in [-0.2, -0.15) is 0 Å². The maximum absolute atomic E-state index is 11.2. The second kappa shape index (κ2) is 6.51. The topological polar surface area (TPSA) is 38.3 Å². The maximum atomic E-state index is 11.2. The molecule has 3 rings (SSSR count). The fraction of sp³-hybridized carbons (Fsp3) is 0.300. The lowest BCUT2D eigenvalue weighted by molar-refractivity contribution is 0.0412. The van der Waals surface area contributed by atoms with Crippen molar-refractivity contribution < 1.29 is 9.53 Å². The predicted molar refractivity (Wildman–Crippen MR) is 90.6 cm³/mol. The van der Waals surface area contributed by atoms with Crippen LogP contribution < -0.4 is 5.32 Å². The van der Waals surface area contributed by atoms with Gasteiger partial charge in [0.2, 0.25) is 0 Å². The minimum absolute atomic E-state index is 0.0649. The molecule has 3 heteroatoms. The van der Waals surface area contributed by atoms with Gasteiger partial charge >= 0.3 is 0 Å². The number of ether oxygens (including phenoxy) is 1. The van der Waals surface area contributed by atoms with Gasteiger partial charge in [0, 0.05) is 6.54 Å². The first kappa shape index (κ1) is 15.7. The number of carbonyl (C=O) groups excluding carboxylic acids is 1. The first-order chi connectivity index (χ1) is 11.1. The lowest BCUT2D eigenvalue weighted by Crippen LogP contribution is -2.32. The summed E-state index contributed by atoms with van der Waals surface area (Å²) in [4.78, 5) is 11.2. The number of benzene rings is 2. The summed E-state index contributed by atoms with van der Waals surface area (Å²) in [5, 5.41) is 3.43. The van der Waals surface area contributed by atoms with Crippen molar-refractivity contribution in [3.63, 3.8) is 0 Å². The fourth-order valence-corrected chi connectivity index (χ4v) is 2.84. The van der Waals surface area contributed by atoms with Crippen LogP contribution >= 0.6 is 0 Å². The van der Waals surface area contributed by atoms with Crippen molar-refractivity contribution >= 4 is 5.94 Å². The van der Waals surface area contributed by atoms with E-state index in [1.165, 1.54) is 5.56 Å².